The van der Waals surface area contributed by atoms with Crippen LogP contribution in [0.25, 0.3) is 0 Å². The summed E-state index contributed by atoms with van der Waals surface area (Å²) in [4.78, 5) is 11.9. The van der Waals surface area contributed by atoms with E-state index in [1.807, 2.05) is 0 Å². The molecule has 1 aromatic rings. The molecule has 1 fully saturated rings. The summed E-state index contributed by atoms with van der Waals surface area (Å²) in [5, 5.41) is 2.67. The van der Waals surface area contributed by atoms with Gasteiger partial charge in [0.15, 0.2) is 0 Å². The van der Waals surface area contributed by atoms with Crippen molar-refractivity contribution in [3.8, 4) is 0 Å². The van der Waals surface area contributed by atoms with Crippen molar-refractivity contribution < 1.29 is 22.3 Å². The molecule has 1 unspecified atom stereocenters. The summed E-state index contributed by atoms with van der Waals surface area (Å²) in [6.45, 7) is 4.02. The minimum atomic E-state index is -4.05. The number of aryl methyl sites for hydroxylation is 1. The van der Waals surface area contributed by atoms with E-state index in [2.05, 4.69) is 5.32 Å². The number of amides is 1. The first-order valence-corrected chi connectivity index (χ1v) is 8.58. The first-order chi connectivity index (χ1) is 9.62. The normalized spacial score (nSPS) is 22.3. The molecule has 1 amide bonds. The van der Waals surface area contributed by atoms with Crippen LogP contribution in [0, 0.1) is 12.7 Å². The van der Waals surface area contributed by atoms with Gasteiger partial charge in [0.25, 0.3) is 15.0 Å². The Morgan fingerprint density at radius 3 is 2.67 bits per heavy atom. The molecular formula is C13H15ClFNO4S. The Labute approximate surface area is 126 Å². The van der Waals surface area contributed by atoms with Crippen LogP contribution < -0.4 is 5.32 Å². The zero-order chi connectivity index (χ0) is 15.8. The summed E-state index contributed by atoms with van der Waals surface area (Å²) < 4.78 is 42.0. The fourth-order valence-corrected chi connectivity index (χ4v) is 3.40. The third-order valence-corrected chi connectivity index (χ3v) is 4.87. The quantitative estimate of drug-likeness (QED) is 0.857. The maximum Gasteiger partial charge on any atom is 0.261 e. The number of hydrogen-bond acceptors (Lipinski definition) is 4. The molecule has 0 aliphatic carbocycles. The van der Waals surface area contributed by atoms with Gasteiger partial charge in [-0.25, -0.2) is 12.8 Å². The van der Waals surface area contributed by atoms with Crippen molar-refractivity contribution >= 4 is 25.6 Å². The van der Waals surface area contributed by atoms with Gasteiger partial charge in [-0.15, -0.1) is 0 Å². The molecule has 1 aliphatic rings. The summed E-state index contributed by atoms with van der Waals surface area (Å²) in [7, 11) is 1.24. The van der Waals surface area contributed by atoms with Gasteiger partial charge in [-0.3, -0.25) is 4.79 Å². The van der Waals surface area contributed by atoms with Crippen LogP contribution in [-0.2, 0) is 13.8 Å². The van der Waals surface area contributed by atoms with Gasteiger partial charge >= 0.3 is 0 Å². The minimum absolute atomic E-state index is 0.148. The summed E-state index contributed by atoms with van der Waals surface area (Å²) in [5.74, 6) is -1.49. The Morgan fingerprint density at radius 2 is 2.14 bits per heavy atom. The first-order valence-electron chi connectivity index (χ1n) is 6.27. The lowest BCUT2D eigenvalue weighted by atomic mass is 10.0. The molecule has 1 aliphatic heterocycles. The summed E-state index contributed by atoms with van der Waals surface area (Å²) in [5.41, 5.74) is -0.795. The van der Waals surface area contributed by atoms with Crippen LogP contribution in [0.3, 0.4) is 0 Å². The van der Waals surface area contributed by atoms with Crippen molar-refractivity contribution in [3.63, 3.8) is 0 Å². The van der Waals surface area contributed by atoms with Gasteiger partial charge < -0.3 is 10.1 Å². The van der Waals surface area contributed by atoms with Crippen molar-refractivity contribution in [2.75, 3.05) is 13.2 Å². The highest BCUT2D eigenvalue weighted by Crippen LogP contribution is 2.24. The van der Waals surface area contributed by atoms with Crippen LogP contribution >= 0.6 is 10.7 Å². The highest BCUT2D eigenvalue weighted by atomic mass is 35.7. The average molecular weight is 336 g/mol. The topological polar surface area (TPSA) is 72.5 Å². The Bertz CT molecular complexity index is 684. The summed E-state index contributed by atoms with van der Waals surface area (Å²) in [6.07, 6.45) is 0.604. The van der Waals surface area contributed by atoms with Gasteiger partial charge in [0, 0.05) is 17.3 Å². The molecular weight excluding hydrogens is 321 g/mol. The largest absolute Gasteiger partial charge is 0.379 e. The second kappa shape index (κ2) is 5.55. The number of rotatable bonds is 3. The van der Waals surface area contributed by atoms with E-state index < -0.39 is 26.3 Å². The number of benzene rings is 1. The third-order valence-electron chi connectivity index (χ3n) is 3.41. The molecule has 1 saturated heterocycles. The molecule has 5 nitrogen and oxygen atoms in total. The Kier molecular flexibility index (Phi) is 4.28. The number of nitrogens with one attached hydrogen (secondary N) is 1. The molecule has 0 saturated carbocycles. The molecule has 0 aromatic heterocycles. The van der Waals surface area contributed by atoms with E-state index in [9.17, 15) is 17.6 Å². The van der Waals surface area contributed by atoms with Crippen LogP contribution in [0.1, 0.15) is 29.3 Å². The minimum Gasteiger partial charge on any atom is -0.379 e. The molecule has 1 aromatic carbocycles. The lowest BCUT2D eigenvalue weighted by molar-refractivity contribution is 0.0885. The van der Waals surface area contributed by atoms with Gasteiger partial charge in [0.1, 0.15) is 5.82 Å². The van der Waals surface area contributed by atoms with Crippen LogP contribution in [0.2, 0.25) is 0 Å². The Balaban J connectivity index is 2.37. The number of carbonyl (C=O) groups excluding carboxylic acids is 1. The molecule has 1 N–H and O–H groups in total. The highest BCUT2D eigenvalue weighted by molar-refractivity contribution is 8.13. The van der Waals surface area contributed by atoms with E-state index >= 15 is 0 Å². The van der Waals surface area contributed by atoms with Gasteiger partial charge in [0.2, 0.25) is 0 Å². The van der Waals surface area contributed by atoms with Gasteiger partial charge in [-0.2, -0.15) is 0 Å². The fraction of sp³-hybridized carbons (Fsp3) is 0.462. The maximum atomic E-state index is 13.9. The van der Waals surface area contributed by atoms with Crippen LogP contribution in [-0.4, -0.2) is 33.1 Å². The van der Waals surface area contributed by atoms with Crippen LogP contribution in [0.4, 0.5) is 4.39 Å². The molecule has 8 heteroatoms. The summed E-state index contributed by atoms with van der Waals surface area (Å²) in [6, 6.07) is 1.94. The van der Waals surface area contributed by atoms with Crippen molar-refractivity contribution in [1.29, 1.82) is 0 Å². The van der Waals surface area contributed by atoms with E-state index in [0.717, 1.165) is 12.1 Å². The first kappa shape index (κ1) is 16.2. The smallest absolute Gasteiger partial charge is 0.261 e. The molecule has 0 spiro atoms. The van der Waals surface area contributed by atoms with E-state index in [1.165, 1.54) is 6.92 Å². The lowest BCUT2D eigenvalue weighted by Crippen LogP contribution is -2.46. The second-order valence-corrected chi connectivity index (χ2v) is 7.89. The zero-order valence-corrected chi connectivity index (χ0v) is 13.1. The van der Waals surface area contributed by atoms with E-state index in [0.29, 0.717) is 19.6 Å². The van der Waals surface area contributed by atoms with E-state index in [-0.39, 0.29) is 16.0 Å². The maximum absolute atomic E-state index is 13.9. The van der Waals surface area contributed by atoms with Crippen LogP contribution in [0.5, 0.6) is 0 Å². The zero-order valence-electron chi connectivity index (χ0n) is 11.6. The van der Waals surface area contributed by atoms with Gasteiger partial charge in [-0.1, -0.05) is 0 Å². The number of halogens is 2. The van der Waals surface area contributed by atoms with E-state index in [1.54, 1.807) is 6.92 Å². The molecule has 21 heavy (non-hydrogen) atoms. The van der Waals surface area contributed by atoms with Crippen molar-refractivity contribution in [2.24, 2.45) is 0 Å². The number of carbonyl (C=O) groups is 1. The second-order valence-electron chi connectivity index (χ2n) is 5.35. The molecule has 116 valence electrons. The Morgan fingerprint density at radius 1 is 1.48 bits per heavy atom. The predicted molar refractivity (Wildman–Crippen MR) is 75.5 cm³/mol. The average Bonchev–Trinajstić information content (AvgIpc) is 2.73. The predicted octanol–water partition coefficient (Wildman–Crippen LogP) is 1.97. The molecule has 0 bridgehead atoms. The SMILES string of the molecule is Cc1cc(F)c(C(=O)NC2(C)CCOC2)cc1S(=O)(=O)Cl. The number of hydrogen-bond donors (Lipinski definition) is 1. The Hall–Kier alpha value is -1.18. The lowest BCUT2D eigenvalue weighted by Gasteiger charge is -2.23. The van der Waals surface area contributed by atoms with E-state index in [4.69, 9.17) is 15.4 Å². The van der Waals surface area contributed by atoms with Crippen LogP contribution in [0.15, 0.2) is 17.0 Å². The van der Waals surface area contributed by atoms with Gasteiger partial charge in [-0.05, 0) is 38.0 Å². The number of ether oxygens (including phenoxy) is 1. The van der Waals surface area contributed by atoms with Crippen molar-refractivity contribution in [1.82, 2.24) is 5.32 Å². The summed E-state index contributed by atoms with van der Waals surface area (Å²) >= 11 is 0. The molecule has 0 radical (unpaired) electrons. The highest BCUT2D eigenvalue weighted by Gasteiger charge is 2.32. The van der Waals surface area contributed by atoms with Crippen molar-refractivity contribution in [3.05, 3.63) is 29.1 Å². The molecule has 1 atom stereocenters. The molecule has 2 rings (SSSR count). The molecule has 1 heterocycles. The van der Waals surface area contributed by atoms with Crippen molar-refractivity contribution in [2.45, 2.75) is 30.7 Å². The third kappa shape index (κ3) is 3.53. The monoisotopic (exact) mass is 335 g/mol. The standard InChI is InChI=1S/C13H15ClFNO4S/c1-8-5-10(15)9(6-11(8)21(14,18)19)12(17)16-13(2)3-4-20-7-13/h5-6H,3-4,7H2,1-2H3,(H,16,17). The fourth-order valence-electron chi connectivity index (χ4n) is 2.20. The van der Waals surface area contributed by atoms with Gasteiger partial charge in [0.05, 0.1) is 22.6 Å².